The van der Waals surface area contributed by atoms with Crippen LogP contribution in [0, 0.1) is 13.8 Å². The molecule has 0 spiro atoms. The fourth-order valence-electron chi connectivity index (χ4n) is 3.85. The Morgan fingerprint density at radius 3 is 2.58 bits per heavy atom. The maximum absolute atomic E-state index is 13.4. The molecule has 33 heavy (non-hydrogen) atoms. The Kier molecular flexibility index (Phi) is 5.36. The van der Waals surface area contributed by atoms with Gasteiger partial charge in [0.05, 0.1) is 18.8 Å². The minimum absolute atomic E-state index is 0.223. The highest BCUT2D eigenvalue weighted by molar-refractivity contribution is 6.30. The zero-order valence-electron chi connectivity index (χ0n) is 18.1. The average molecular weight is 461 g/mol. The first-order valence-corrected chi connectivity index (χ1v) is 10.8. The van der Waals surface area contributed by atoms with Crippen molar-refractivity contribution >= 4 is 17.1 Å². The Balaban J connectivity index is 1.56. The summed E-state index contributed by atoms with van der Waals surface area (Å²) < 4.78 is 8.89. The number of hydrogen-bond donors (Lipinski definition) is 1. The standard InChI is InChI=1S/C25H21ClN4O3/c1-15-6-8-17(9-7-15)22-20(14-31)23-25(32)29(10-11-30(23)28-22)13-21-16(2)33-24(27-21)18-4-3-5-19(26)12-18/h3-12,31H,13-14H2,1-2H3. The zero-order valence-corrected chi connectivity index (χ0v) is 18.9. The molecule has 7 nitrogen and oxygen atoms in total. The number of benzene rings is 2. The van der Waals surface area contributed by atoms with Gasteiger partial charge in [-0.2, -0.15) is 5.10 Å². The third-order valence-electron chi connectivity index (χ3n) is 5.63. The molecule has 0 amide bonds. The molecule has 0 aliphatic heterocycles. The Bertz CT molecular complexity index is 1530. The maximum atomic E-state index is 13.4. The molecule has 8 heteroatoms. The van der Waals surface area contributed by atoms with E-state index in [1.54, 1.807) is 29.1 Å². The highest BCUT2D eigenvalue weighted by Gasteiger charge is 2.19. The van der Waals surface area contributed by atoms with Crippen molar-refractivity contribution in [3.63, 3.8) is 0 Å². The first-order valence-electron chi connectivity index (χ1n) is 10.5. The van der Waals surface area contributed by atoms with Gasteiger partial charge in [-0.05, 0) is 32.0 Å². The lowest BCUT2D eigenvalue weighted by molar-refractivity contribution is 0.283. The fourth-order valence-corrected chi connectivity index (χ4v) is 4.04. The topological polar surface area (TPSA) is 85.6 Å². The molecular weight excluding hydrogens is 440 g/mol. The van der Waals surface area contributed by atoms with Crippen LogP contribution < -0.4 is 5.56 Å². The molecule has 0 unspecified atom stereocenters. The number of aliphatic hydroxyl groups is 1. The SMILES string of the molecule is Cc1ccc(-c2nn3ccn(Cc4nc(-c5cccc(Cl)c5)oc4C)c(=O)c3c2CO)cc1. The van der Waals surface area contributed by atoms with Crippen LogP contribution in [0.25, 0.3) is 28.2 Å². The van der Waals surface area contributed by atoms with Crippen molar-refractivity contribution in [1.82, 2.24) is 19.2 Å². The molecule has 5 aromatic rings. The minimum Gasteiger partial charge on any atom is -0.441 e. The van der Waals surface area contributed by atoms with Crippen LogP contribution in [0.4, 0.5) is 0 Å². The summed E-state index contributed by atoms with van der Waals surface area (Å²) in [6, 6.07) is 15.1. The normalized spacial score (nSPS) is 11.4. The molecule has 166 valence electrons. The number of rotatable bonds is 5. The van der Waals surface area contributed by atoms with Gasteiger partial charge in [-0.15, -0.1) is 0 Å². The van der Waals surface area contributed by atoms with E-state index in [1.807, 2.05) is 50.2 Å². The van der Waals surface area contributed by atoms with Gasteiger partial charge >= 0.3 is 0 Å². The number of hydrogen-bond acceptors (Lipinski definition) is 5. The third kappa shape index (κ3) is 3.86. The summed E-state index contributed by atoms with van der Waals surface area (Å²) in [4.78, 5) is 17.9. The molecule has 5 rings (SSSR count). The average Bonchev–Trinajstić information content (AvgIpc) is 3.37. The lowest BCUT2D eigenvalue weighted by atomic mass is 10.1. The van der Waals surface area contributed by atoms with Gasteiger partial charge < -0.3 is 14.1 Å². The van der Waals surface area contributed by atoms with Crippen LogP contribution in [-0.4, -0.2) is 24.3 Å². The molecule has 1 N–H and O–H groups in total. The monoisotopic (exact) mass is 460 g/mol. The predicted molar refractivity (Wildman–Crippen MR) is 126 cm³/mol. The Hall–Kier alpha value is -3.68. The summed E-state index contributed by atoms with van der Waals surface area (Å²) >= 11 is 6.09. The zero-order chi connectivity index (χ0) is 23.1. The second kappa shape index (κ2) is 8.35. The van der Waals surface area contributed by atoms with Gasteiger partial charge in [0.1, 0.15) is 17.0 Å². The van der Waals surface area contributed by atoms with Crippen LogP contribution >= 0.6 is 11.6 Å². The second-order valence-electron chi connectivity index (χ2n) is 7.91. The molecule has 3 heterocycles. The molecule has 0 saturated carbocycles. The molecule has 0 atom stereocenters. The smallest absolute Gasteiger partial charge is 0.277 e. The second-order valence-corrected chi connectivity index (χ2v) is 8.34. The number of fused-ring (bicyclic) bond motifs is 1. The summed E-state index contributed by atoms with van der Waals surface area (Å²) in [6.45, 7) is 3.74. The number of aliphatic hydroxyl groups excluding tert-OH is 1. The number of aryl methyl sites for hydroxylation is 2. The summed E-state index contributed by atoms with van der Waals surface area (Å²) in [7, 11) is 0. The quantitative estimate of drug-likeness (QED) is 0.413. The van der Waals surface area contributed by atoms with Crippen molar-refractivity contribution in [1.29, 1.82) is 0 Å². The number of halogens is 1. The lowest BCUT2D eigenvalue weighted by Crippen LogP contribution is -2.23. The summed E-state index contributed by atoms with van der Waals surface area (Å²) in [5.74, 6) is 1.06. The molecule has 0 saturated heterocycles. The Morgan fingerprint density at radius 2 is 1.85 bits per heavy atom. The van der Waals surface area contributed by atoms with Crippen molar-refractivity contribution in [2.45, 2.75) is 27.0 Å². The largest absolute Gasteiger partial charge is 0.441 e. The van der Waals surface area contributed by atoms with Crippen molar-refractivity contribution in [3.05, 3.63) is 98.9 Å². The number of oxazole rings is 1. The van der Waals surface area contributed by atoms with Gasteiger partial charge in [-0.3, -0.25) is 4.79 Å². The van der Waals surface area contributed by atoms with E-state index in [-0.39, 0.29) is 18.7 Å². The number of nitrogens with zero attached hydrogens (tertiary/aromatic N) is 4. The van der Waals surface area contributed by atoms with Crippen molar-refractivity contribution < 1.29 is 9.52 Å². The summed E-state index contributed by atoms with van der Waals surface area (Å²) in [5, 5.41) is 15.2. The van der Waals surface area contributed by atoms with E-state index in [0.717, 1.165) is 16.7 Å². The molecule has 0 radical (unpaired) electrons. The van der Waals surface area contributed by atoms with E-state index in [1.165, 1.54) is 4.52 Å². The Morgan fingerprint density at radius 1 is 1.06 bits per heavy atom. The molecule has 0 aliphatic rings. The molecular formula is C25H21ClN4O3. The number of aromatic nitrogens is 4. The van der Waals surface area contributed by atoms with E-state index in [4.69, 9.17) is 16.0 Å². The van der Waals surface area contributed by atoms with Crippen LogP contribution in [-0.2, 0) is 13.2 Å². The highest BCUT2D eigenvalue weighted by atomic mass is 35.5. The summed E-state index contributed by atoms with van der Waals surface area (Å²) in [6.07, 6.45) is 3.37. The van der Waals surface area contributed by atoms with Gasteiger partial charge in [0.2, 0.25) is 5.89 Å². The van der Waals surface area contributed by atoms with Crippen molar-refractivity contribution in [3.8, 4) is 22.7 Å². The van der Waals surface area contributed by atoms with Gasteiger partial charge in [0.15, 0.2) is 0 Å². The van der Waals surface area contributed by atoms with E-state index < -0.39 is 0 Å². The third-order valence-corrected chi connectivity index (χ3v) is 5.86. The van der Waals surface area contributed by atoms with E-state index in [0.29, 0.717) is 39.1 Å². The van der Waals surface area contributed by atoms with Gasteiger partial charge in [0, 0.05) is 34.1 Å². The first-order chi connectivity index (χ1) is 15.9. The Labute approximate surface area is 194 Å². The van der Waals surface area contributed by atoms with Crippen LogP contribution in [0.15, 0.2) is 70.1 Å². The maximum Gasteiger partial charge on any atom is 0.277 e. The predicted octanol–water partition coefficient (Wildman–Crippen LogP) is 4.63. The lowest BCUT2D eigenvalue weighted by Gasteiger charge is -2.05. The van der Waals surface area contributed by atoms with E-state index >= 15 is 0 Å². The van der Waals surface area contributed by atoms with Crippen LogP contribution in [0.2, 0.25) is 5.02 Å². The van der Waals surface area contributed by atoms with E-state index in [2.05, 4.69) is 10.1 Å². The van der Waals surface area contributed by atoms with Gasteiger partial charge in [0.25, 0.3) is 5.56 Å². The van der Waals surface area contributed by atoms with E-state index in [9.17, 15) is 9.90 Å². The first kappa shape index (κ1) is 21.2. The van der Waals surface area contributed by atoms with Crippen LogP contribution in [0.3, 0.4) is 0 Å². The molecule has 0 aliphatic carbocycles. The van der Waals surface area contributed by atoms with Gasteiger partial charge in [-0.1, -0.05) is 47.5 Å². The van der Waals surface area contributed by atoms with Crippen molar-refractivity contribution in [2.24, 2.45) is 0 Å². The van der Waals surface area contributed by atoms with Crippen LogP contribution in [0.5, 0.6) is 0 Å². The summed E-state index contributed by atoms with van der Waals surface area (Å²) in [5.41, 5.74) is 4.53. The molecule has 0 fully saturated rings. The highest BCUT2D eigenvalue weighted by Crippen LogP contribution is 2.26. The fraction of sp³-hybridized carbons (Fsp3) is 0.160. The van der Waals surface area contributed by atoms with Gasteiger partial charge in [-0.25, -0.2) is 9.50 Å². The molecule has 3 aromatic heterocycles. The van der Waals surface area contributed by atoms with Crippen molar-refractivity contribution in [2.75, 3.05) is 0 Å². The van der Waals surface area contributed by atoms with Crippen LogP contribution in [0.1, 0.15) is 22.6 Å². The minimum atomic E-state index is -0.298. The molecule has 2 aromatic carbocycles. The molecule has 0 bridgehead atoms.